The quantitative estimate of drug-likeness (QED) is 0.859. The van der Waals surface area contributed by atoms with Crippen LogP contribution >= 0.6 is 0 Å². The minimum Gasteiger partial charge on any atom is -0.481 e. The van der Waals surface area contributed by atoms with Crippen LogP contribution in [-0.2, 0) is 12.8 Å². The molecule has 0 saturated heterocycles. The Kier molecular flexibility index (Phi) is 4.86. The van der Waals surface area contributed by atoms with Gasteiger partial charge in [-0.1, -0.05) is 30.3 Å². The van der Waals surface area contributed by atoms with Crippen molar-refractivity contribution in [3.8, 4) is 5.88 Å². The summed E-state index contributed by atoms with van der Waals surface area (Å²) in [6.07, 6.45) is 4.18. The van der Waals surface area contributed by atoms with Gasteiger partial charge in [0.15, 0.2) is 0 Å². The Hall–Kier alpha value is -1.94. The second-order valence-electron chi connectivity index (χ2n) is 4.54. The fourth-order valence-corrected chi connectivity index (χ4v) is 1.97. The predicted molar refractivity (Wildman–Crippen MR) is 75.0 cm³/mol. The largest absolute Gasteiger partial charge is 0.481 e. The predicted octanol–water partition coefficient (Wildman–Crippen LogP) is 1.99. The zero-order valence-corrected chi connectivity index (χ0v) is 11.1. The Morgan fingerprint density at radius 1 is 1.21 bits per heavy atom. The maximum absolute atomic E-state index is 6.14. The standard InChI is InChI=1S/C15H19N3O/c1-19-15-10-14(17-11-18-15)9-13(16)8-7-12-5-3-2-4-6-12/h2-6,10-11,13H,7-9,16H2,1H3. The molecule has 4 nitrogen and oxygen atoms in total. The van der Waals surface area contributed by atoms with Gasteiger partial charge in [0.25, 0.3) is 0 Å². The van der Waals surface area contributed by atoms with E-state index in [9.17, 15) is 0 Å². The molecule has 4 heteroatoms. The molecule has 1 unspecified atom stereocenters. The fraction of sp³-hybridized carbons (Fsp3) is 0.333. The van der Waals surface area contributed by atoms with E-state index in [2.05, 4.69) is 34.2 Å². The van der Waals surface area contributed by atoms with Crippen LogP contribution in [0, 0.1) is 0 Å². The molecule has 100 valence electrons. The highest BCUT2D eigenvalue weighted by Gasteiger charge is 2.07. The zero-order valence-electron chi connectivity index (χ0n) is 11.1. The molecule has 0 aliphatic carbocycles. The summed E-state index contributed by atoms with van der Waals surface area (Å²) in [5.74, 6) is 0.584. The van der Waals surface area contributed by atoms with E-state index in [1.54, 1.807) is 7.11 Å². The lowest BCUT2D eigenvalue weighted by molar-refractivity contribution is 0.395. The molecule has 0 bridgehead atoms. The van der Waals surface area contributed by atoms with Gasteiger partial charge < -0.3 is 10.5 Å². The molecule has 2 aromatic rings. The van der Waals surface area contributed by atoms with Gasteiger partial charge in [0, 0.05) is 24.2 Å². The van der Waals surface area contributed by atoms with Gasteiger partial charge in [0.2, 0.25) is 5.88 Å². The van der Waals surface area contributed by atoms with Crippen molar-refractivity contribution < 1.29 is 4.74 Å². The van der Waals surface area contributed by atoms with Crippen molar-refractivity contribution in [2.75, 3.05) is 7.11 Å². The lowest BCUT2D eigenvalue weighted by atomic mass is 10.0. The average molecular weight is 257 g/mol. The molecule has 0 amide bonds. The number of ether oxygens (including phenoxy) is 1. The Morgan fingerprint density at radius 3 is 2.74 bits per heavy atom. The monoisotopic (exact) mass is 257 g/mol. The topological polar surface area (TPSA) is 61.0 Å². The van der Waals surface area contributed by atoms with Crippen LogP contribution in [0.15, 0.2) is 42.7 Å². The van der Waals surface area contributed by atoms with Gasteiger partial charge in [-0.25, -0.2) is 9.97 Å². The van der Waals surface area contributed by atoms with E-state index >= 15 is 0 Å². The summed E-state index contributed by atoms with van der Waals surface area (Å²) in [4.78, 5) is 8.20. The van der Waals surface area contributed by atoms with Gasteiger partial charge in [-0.15, -0.1) is 0 Å². The Labute approximate surface area is 113 Å². The number of aromatic nitrogens is 2. The van der Waals surface area contributed by atoms with Crippen molar-refractivity contribution in [2.45, 2.75) is 25.3 Å². The second-order valence-corrected chi connectivity index (χ2v) is 4.54. The molecule has 0 aliphatic rings. The zero-order chi connectivity index (χ0) is 13.5. The van der Waals surface area contributed by atoms with E-state index in [1.807, 2.05) is 12.1 Å². The van der Waals surface area contributed by atoms with Crippen molar-refractivity contribution in [1.82, 2.24) is 9.97 Å². The van der Waals surface area contributed by atoms with Crippen molar-refractivity contribution in [2.24, 2.45) is 5.73 Å². The van der Waals surface area contributed by atoms with Crippen LogP contribution < -0.4 is 10.5 Å². The van der Waals surface area contributed by atoms with Crippen molar-refractivity contribution in [1.29, 1.82) is 0 Å². The number of nitrogens with two attached hydrogens (primary N) is 1. The normalized spacial score (nSPS) is 12.1. The molecular weight excluding hydrogens is 238 g/mol. The number of nitrogens with zero attached hydrogens (tertiary/aromatic N) is 2. The van der Waals surface area contributed by atoms with Crippen molar-refractivity contribution in [3.05, 3.63) is 54.0 Å². The Balaban J connectivity index is 1.85. The summed E-state index contributed by atoms with van der Waals surface area (Å²) in [6, 6.07) is 12.3. The molecule has 0 radical (unpaired) electrons. The average Bonchev–Trinajstić information content (AvgIpc) is 2.46. The minimum atomic E-state index is 0.0970. The number of benzene rings is 1. The van der Waals surface area contributed by atoms with Crippen LogP contribution in [0.2, 0.25) is 0 Å². The van der Waals surface area contributed by atoms with E-state index in [-0.39, 0.29) is 6.04 Å². The Bertz CT molecular complexity index is 502. The van der Waals surface area contributed by atoms with Gasteiger partial charge in [-0.3, -0.25) is 0 Å². The molecule has 1 aromatic carbocycles. The minimum absolute atomic E-state index is 0.0970. The summed E-state index contributed by atoms with van der Waals surface area (Å²) >= 11 is 0. The van der Waals surface area contributed by atoms with E-state index in [4.69, 9.17) is 10.5 Å². The fourth-order valence-electron chi connectivity index (χ4n) is 1.97. The number of aryl methyl sites for hydroxylation is 1. The highest BCUT2D eigenvalue weighted by atomic mass is 16.5. The first-order valence-corrected chi connectivity index (χ1v) is 6.42. The van der Waals surface area contributed by atoms with E-state index in [0.29, 0.717) is 5.88 Å². The summed E-state index contributed by atoms with van der Waals surface area (Å²) in [6.45, 7) is 0. The third-order valence-corrected chi connectivity index (χ3v) is 3.03. The van der Waals surface area contributed by atoms with Gasteiger partial charge in [-0.2, -0.15) is 0 Å². The second kappa shape index (κ2) is 6.85. The summed E-state index contributed by atoms with van der Waals surface area (Å²) in [7, 11) is 1.60. The lowest BCUT2D eigenvalue weighted by Crippen LogP contribution is -2.24. The molecule has 0 fully saturated rings. The van der Waals surface area contributed by atoms with Crippen LogP contribution in [0.5, 0.6) is 5.88 Å². The van der Waals surface area contributed by atoms with Crippen LogP contribution in [0.25, 0.3) is 0 Å². The van der Waals surface area contributed by atoms with E-state index in [1.165, 1.54) is 11.9 Å². The number of methoxy groups -OCH3 is 1. The van der Waals surface area contributed by atoms with Crippen LogP contribution in [-0.4, -0.2) is 23.1 Å². The van der Waals surface area contributed by atoms with Crippen molar-refractivity contribution in [3.63, 3.8) is 0 Å². The molecule has 0 spiro atoms. The molecule has 2 rings (SSSR count). The molecule has 0 aliphatic heterocycles. The number of rotatable bonds is 6. The van der Waals surface area contributed by atoms with Gasteiger partial charge >= 0.3 is 0 Å². The summed E-state index contributed by atoms with van der Waals surface area (Å²) < 4.78 is 5.07. The SMILES string of the molecule is COc1cc(CC(N)CCc2ccccc2)ncn1. The molecular formula is C15H19N3O. The van der Waals surface area contributed by atoms with E-state index in [0.717, 1.165) is 25.0 Å². The van der Waals surface area contributed by atoms with E-state index < -0.39 is 0 Å². The first-order valence-electron chi connectivity index (χ1n) is 6.42. The number of hydrogen-bond donors (Lipinski definition) is 1. The molecule has 0 saturated carbocycles. The first-order chi connectivity index (χ1) is 9.28. The highest BCUT2D eigenvalue weighted by Crippen LogP contribution is 2.10. The highest BCUT2D eigenvalue weighted by molar-refractivity contribution is 5.16. The molecule has 19 heavy (non-hydrogen) atoms. The molecule has 1 aromatic heterocycles. The van der Waals surface area contributed by atoms with Gasteiger partial charge in [0.1, 0.15) is 6.33 Å². The van der Waals surface area contributed by atoms with Crippen LogP contribution in [0.1, 0.15) is 17.7 Å². The molecule has 1 atom stereocenters. The number of hydrogen-bond acceptors (Lipinski definition) is 4. The maximum Gasteiger partial charge on any atom is 0.216 e. The van der Waals surface area contributed by atoms with Crippen molar-refractivity contribution >= 4 is 0 Å². The molecule has 1 heterocycles. The van der Waals surface area contributed by atoms with Crippen LogP contribution in [0.4, 0.5) is 0 Å². The third kappa shape index (κ3) is 4.34. The smallest absolute Gasteiger partial charge is 0.216 e. The summed E-state index contributed by atoms with van der Waals surface area (Å²) in [5.41, 5.74) is 8.39. The van der Waals surface area contributed by atoms with Gasteiger partial charge in [-0.05, 0) is 18.4 Å². The Morgan fingerprint density at radius 2 is 2.00 bits per heavy atom. The lowest BCUT2D eigenvalue weighted by Gasteiger charge is -2.11. The summed E-state index contributed by atoms with van der Waals surface area (Å²) in [5, 5.41) is 0. The first kappa shape index (κ1) is 13.5. The third-order valence-electron chi connectivity index (χ3n) is 3.03. The maximum atomic E-state index is 6.14. The van der Waals surface area contributed by atoms with Gasteiger partial charge in [0.05, 0.1) is 7.11 Å². The van der Waals surface area contributed by atoms with Crippen LogP contribution in [0.3, 0.4) is 0 Å². The molecule has 2 N–H and O–H groups in total.